The van der Waals surface area contributed by atoms with Crippen molar-refractivity contribution in [3.05, 3.63) is 28.8 Å². The van der Waals surface area contributed by atoms with Gasteiger partial charge in [-0.1, -0.05) is 0 Å². The van der Waals surface area contributed by atoms with Crippen molar-refractivity contribution in [2.24, 2.45) is 0 Å². The highest BCUT2D eigenvalue weighted by molar-refractivity contribution is 5.68. The number of nitrogens with zero attached hydrogens (tertiary/aromatic N) is 2. The summed E-state index contributed by atoms with van der Waals surface area (Å²) in [6.07, 6.45) is 2.50. The van der Waals surface area contributed by atoms with Crippen molar-refractivity contribution in [1.82, 2.24) is 0 Å². The Morgan fingerprint density at radius 2 is 2.17 bits per heavy atom. The van der Waals surface area contributed by atoms with E-state index in [2.05, 4.69) is 0 Å². The maximum absolute atomic E-state index is 8.77. The molecule has 0 aromatic heterocycles. The molecule has 1 aliphatic rings. The van der Waals surface area contributed by atoms with Crippen molar-refractivity contribution in [2.45, 2.75) is 19.4 Å². The fraction of sp³-hybridized carbons (Fsp3) is 0.286. The second kappa shape index (κ2) is 4.81. The van der Waals surface area contributed by atoms with Gasteiger partial charge in [-0.05, 0) is 25.1 Å². The van der Waals surface area contributed by atoms with Crippen molar-refractivity contribution in [2.75, 3.05) is 7.11 Å². The third-order valence-corrected chi connectivity index (χ3v) is 2.79. The van der Waals surface area contributed by atoms with E-state index in [0.29, 0.717) is 11.3 Å². The quantitative estimate of drug-likeness (QED) is 0.745. The molecule has 1 aromatic carbocycles. The molecule has 0 N–H and O–H groups in total. The van der Waals surface area contributed by atoms with E-state index in [1.54, 1.807) is 7.11 Å². The van der Waals surface area contributed by atoms with Crippen molar-refractivity contribution in [3.63, 3.8) is 0 Å². The first-order valence-corrected chi connectivity index (χ1v) is 5.57. The molecule has 2 rings (SSSR count). The van der Waals surface area contributed by atoms with Gasteiger partial charge in [0.25, 0.3) is 0 Å². The Balaban J connectivity index is 2.50. The Morgan fingerprint density at radius 3 is 2.78 bits per heavy atom. The van der Waals surface area contributed by atoms with Crippen molar-refractivity contribution >= 4 is 6.08 Å². The summed E-state index contributed by atoms with van der Waals surface area (Å²) in [6.45, 7) is 2.00. The summed E-state index contributed by atoms with van der Waals surface area (Å²) in [4.78, 5) is 0. The molecule has 1 heterocycles. The standard InChI is InChI=1S/C14H12N2O2/c1-9-3-11-5-13(17-2)12(6-14(11)18-9)4-10(7-15)8-16/h4-6,9H,3H2,1-2H3. The number of allylic oxidation sites excluding steroid dienone is 1. The Labute approximate surface area is 106 Å². The average Bonchev–Trinajstić information content (AvgIpc) is 2.73. The van der Waals surface area contributed by atoms with Gasteiger partial charge in [0.05, 0.1) is 7.11 Å². The summed E-state index contributed by atoms with van der Waals surface area (Å²) in [5.41, 5.74) is 1.81. The molecule has 0 radical (unpaired) electrons. The van der Waals surface area contributed by atoms with Crippen molar-refractivity contribution < 1.29 is 9.47 Å². The van der Waals surface area contributed by atoms with E-state index in [1.165, 1.54) is 6.08 Å². The predicted molar refractivity (Wildman–Crippen MR) is 66.0 cm³/mol. The lowest BCUT2D eigenvalue weighted by Crippen LogP contribution is -2.05. The minimum Gasteiger partial charge on any atom is -0.496 e. The van der Waals surface area contributed by atoms with Gasteiger partial charge < -0.3 is 9.47 Å². The predicted octanol–water partition coefficient (Wildman–Crippen LogP) is 2.45. The molecule has 4 nitrogen and oxygen atoms in total. The van der Waals surface area contributed by atoms with Gasteiger partial charge in [0.1, 0.15) is 35.3 Å². The molecule has 0 fully saturated rings. The van der Waals surface area contributed by atoms with E-state index in [1.807, 2.05) is 31.2 Å². The lowest BCUT2D eigenvalue weighted by molar-refractivity contribution is 0.254. The summed E-state index contributed by atoms with van der Waals surface area (Å²) >= 11 is 0. The highest BCUT2D eigenvalue weighted by atomic mass is 16.5. The highest BCUT2D eigenvalue weighted by Crippen LogP contribution is 2.35. The molecule has 1 atom stereocenters. The lowest BCUT2D eigenvalue weighted by atomic mass is 10.0. The second-order valence-corrected chi connectivity index (χ2v) is 4.12. The number of fused-ring (bicyclic) bond motifs is 1. The third-order valence-electron chi connectivity index (χ3n) is 2.79. The molecule has 1 aliphatic heterocycles. The van der Waals surface area contributed by atoms with Gasteiger partial charge in [-0.3, -0.25) is 0 Å². The first-order valence-electron chi connectivity index (χ1n) is 5.57. The third kappa shape index (κ3) is 2.14. The van der Waals surface area contributed by atoms with Crippen molar-refractivity contribution in [1.29, 1.82) is 10.5 Å². The lowest BCUT2D eigenvalue weighted by Gasteiger charge is -2.08. The van der Waals surface area contributed by atoms with Gasteiger partial charge in [-0.25, -0.2) is 0 Å². The maximum atomic E-state index is 8.77. The molecule has 1 aromatic rings. The van der Waals surface area contributed by atoms with Crippen LogP contribution >= 0.6 is 0 Å². The van der Waals surface area contributed by atoms with Gasteiger partial charge in [0.2, 0.25) is 0 Å². The molecule has 18 heavy (non-hydrogen) atoms. The van der Waals surface area contributed by atoms with Gasteiger partial charge in [0, 0.05) is 17.5 Å². The topological polar surface area (TPSA) is 66.0 Å². The smallest absolute Gasteiger partial charge is 0.130 e. The van der Waals surface area contributed by atoms with Crippen LogP contribution in [0.1, 0.15) is 18.1 Å². The summed E-state index contributed by atoms with van der Waals surface area (Å²) < 4.78 is 10.9. The van der Waals surface area contributed by atoms with Gasteiger partial charge in [0.15, 0.2) is 0 Å². The number of rotatable bonds is 2. The number of hydrogen-bond donors (Lipinski definition) is 0. The van der Waals surface area contributed by atoms with E-state index >= 15 is 0 Å². The van der Waals surface area contributed by atoms with Crippen LogP contribution in [0.5, 0.6) is 11.5 Å². The second-order valence-electron chi connectivity index (χ2n) is 4.12. The van der Waals surface area contributed by atoms with Crippen LogP contribution in [0.15, 0.2) is 17.7 Å². The zero-order valence-corrected chi connectivity index (χ0v) is 10.2. The van der Waals surface area contributed by atoms with Crippen LogP contribution in [-0.4, -0.2) is 13.2 Å². The molecule has 0 spiro atoms. The Hall–Kier alpha value is -2.46. The van der Waals surface area contributed by atoms with Crippen LogP contribution in [0.25, 0.3) is 6.08 Å². The van der Waals surface area contributed by atoms with Gasteiger partial charge >= 0.3 is 0 Å². The zero-order valence-electron chi connectivity index (χ0n) is 10.2. The fourth-order valence-electron chi connectivity index (χ4n) is 1.99. The molecule has 4 heteroatoms. The Morgan fingerprint density at radius 1 is 1.44 bits per heavy atom. The van der Waals surface area contributed by atoms with Gasteiger partial charge in [-0.15, -0.1) is 0 Å². The fourth-order valence-corrected chi connectivity index (χ4v) is 1.99. The number of ether oxygens (including phenoxy) is 2. The summed E-state index contributed by atoms with van der Waals surface area (Å²) in [5.74, 6) is 1.44. The normalized spacial score (nSPS) is 15.9. The average molecular weight is 240 g/mol. The number of hydrogen-bond acceptors (Lipinski definition) is 4. The highest BCUT2D eigenvalue weighted by Gasteiger charge is 2.21. The van der Waals surface area contributed by atoms with Crippen LogP contribution in [0.4, 0.5) is 0 Å². The summed E-state index contributed by atoms with van der Waals surface area (Å²) in [5, 5.41) is 17.5. The van der Waals surface area contributed by atoms with Crippen LogP contribution < -0.4 is 9.47 Å². The van der Waals surface area contributed by atoms with Crippen LogP contribution in [0.3, 0.4) is 0 Å². The van der Waals surface area contributed by atoms with E-state index in [4.69, 9.17) is 20.0 Å². The first kappa shape index (κ1) is 12.0. The maximum Gasteiger partial charge on any atom is 0.130 e. The Kier molecular flexibility index (Phi) is 3.21. The number of benzene rings is 1. The summed E-state index contributed by atoms with van der Waals surface area (Å²) in [7, 11) is 1.57. The molecule has 0 aliphatic carbocycles. The molecule has 0 bridgehead atoms. The van der Waals surface area contributed by atoms with E-state index in [0.717, 1.165) is 17.7 Å². The number of nitriles is 2. The van der Waals surface area contributed by atoms with E-state index in [-0.39, 0.29) is 11.7 Å². The molecule has 1 unspecified atom stereocenters. The van der Waals surface area contributed by atoms with Crippen LogP contribution in [-0.2, 0) is 6.42 Å². The minimum atomic E-state index is 0.0410. The van der Waals surface area contributed by atoms with Gasteiger partial charge in [-0.2, -0.15) is 10.5 Å². The zero-order chi connectivity index (χ0) is 13.1. The SMILES string of the molecule is COc1cc2c(cc1C=C(C#N)C#N)OC(C)C2. The summed E-state index contributed by atoms with van der Waals surface area (Å²) in [6, 6.07) is 7.37. The van der Waals surface area contributed by atoms with E-state index in [9.17, 15) is 0 Å². The Bertz CT molecular complexity index is 575. The molecular weight excluding hydrogens is 228 g/mol. The molecular formula is C14H12N2O2. The van der Waals surface area contributed by atoms with Crippen LogP contribution in [0.2, 0.25) is 0 Å². The molecule has 0 saturated carbocycles. The number of methoxy groups -OCH3 is 1. The minimum absolute atomic E-state index is 0.0410. The van der Waals surface area contributed by atoms with Crippen LogP contribution in [0, 0.1) is 22.7 Å². The first-order chi connectivity index (χ1) is 8.67. The molecule has 90 valence electrons. The van der Waals surface area contributed by atoms with Crippen molar-refractivity contribution in [3.8, 4) is 23.6 Å². The largest absolute Gasteiger partial charge is 0.496 e. The monoisotopic (exact) mass is 240 g/mol. The molecule has 0 saturated heterocycles. The van der Waals surface area contributed by atoms with E-state index < -0.39 is 0 Å². The molecule has 0 amide bonds.